The van der Waals surface area contributed by atoms with Gasteiger partial charge in [0.15, 0.2) is 13.6 Å². The van der Waals surface area contributed by atoms with Crippen molar-refractivity contribution >= 4 is 11.4 Å². The number of hydrogen-bond acceptors (Lipinski definition) is 5. The molecule has 1 unspecified atom stereocenters. The number of nitrogens with zero attached hydrogens (tertiary/aromatic N) is 1. The van der Waals surface area contributed by atoms with E-state index in [4.69, 9.17) is 18.9 Å². The first-order valence-electron chi connectivity index (χ1n) is 10.00. The summed E-state index contributed by atoms with van der Waals surface area (Å²) in [6, 6.07) is 5.24. The van der Waals surface area contributed by atoms with Crippen molar-refractivity contribution in [2.24, 2.45) is 0 Å². The van der Waals surface area contributed by atoms with Crippen LogP contribution in [0, 0.1) is 0 Å². The molecule has 0 radical (unpaired) electrons. The molecular weight excluding hydrogens is 445 g/mol. The van der Waals surface area contributed by atoms with Crippen molar-refractivity contribution in [2.75, 3.05) is 40.9 Å². The van der Waals surface area contributed by atoms with Gasteiger partial charge in [0.2, 0.25) is 5.92 Å². The Morgan fingerprint density at radius 2 is 1.65 bits per heavy atom. The predicted molar refractivity (Wildman–Crippen MR) is 111 cm³/mol. The highest BCUT2D eigenvalue weighted by atomic mass is 32.3. The van der Waals surface area contributed by atoms with E-state index < -0.39 is 17.3 Å². The van der Waals surface area contributed by atoms with Gasteiger partial charge in [-0.15, -0.1) is 11.7 Å². The molecule has 1 fully saturated rings. The second kappa shape index (κ2) is 13.3. The van der Waals surface area contributed by atoms with Crippen molar-refractivity contribution < 1.29 is 39.4 Å². The molecule has 0 bridgehead atoms. The van der Waals surface area contributed by atoms with Crippen LogP contribution in [0.3, 0.4) is 0 Å². The highest BCUT2D eigenvalue weighted by molar-refractivity contribution is 8.18. The van der Waals surface area contributed by atoms with E-state index >= 15 is 0 Å². The van der Waals surface area contributed by atoms with Gasteiger partial charge in [0, 0.05) is 46.2 Å². The zero-order valence-electron chi connectivity index (χ0n) is 18.3. The minimum absolute atomic E-state index is 0.0349. The van der Waals surface area contributed by atoms with Crippen molar-refractivity contribution in [3.63, 3.8) is 0 Å². The van der Waals surface area contributed by atoms with Gasteiger partial charge in [-0.3, -0.25) is 0 Å². The number of methoxy groups -OCH3 is 2. The molecule has 0 aliphatic heterocycles. The lowest BCUT2D eigenvalue weighted by molar-refractivity contribution is -0.0412. The van der Waals surface area contributed by atoms with Crippen molar-refractivity contribution in [2.45, 2.75) is 51.4 Å². The molecule has 0 saturated heterocycles. The molecule has 182 valence electrons. The van der Waals surface area contributed by atoms with Crippen molar-refractivity contribution in [3.05, 3.63) is 23.8 Å². The summed E-state index contributed by atoms with van der Waals surface area (Å²) >= 11 is -4.93. The van der Waals surface area contributed by atoms with Gasteiger partial charge in [-0.2, -0.15) is 4.31 Å². The Hall–Kier alpha value is -1.30. The summed E-state index contributed by atoms with van der Waals surface area (Å²) in [7, 11) is 3.04. The van der Waals surface area contributed by atoms with Gasteiger partial charge in [0.25, 0.3) is 11.4 Å². The topological polar surface area (TPSA) is 40.2 Å². The third kappa shape index (κ3) is 9.80. The summed E-state index contributed by atoms with van der Waals surface area (Å²) < 4.78 is 83.7. The lowest BCUT2D eigenvalue weighted by Crippen LogP contribution is -2.25. The SMILES string of the molecule is CCN(CC)S(F)(F)F.COCOc1ccc(C2CCCC(F)(F)C2)c(OCOC)c1. The van der Waals surface area contributed by atoms with Gasteiger partial charge in [-0.25, -0.2) is 8.78 Å². The molecule has 0 amide bonds. The standard InChI is InChI=1S/C16H22F2O4.C4H10F3NS/c1-19-10-21-13-5-6-14(15(8-13)22-11-20-2)12-4-3-7-16(17,18)9-12;1-3-8(4-2)9(5,6)7/h5-6,8,12H,3-4,7,9-11H2,1-2H3;3-4H2,1-2H3. The van der Waals surface area contributed by atoms with Crippen molar-refractivity contribution in [1.29, 1.82) is 0 Å². The average molecular weight is 478 g/mol. The Kier molecular flexibility index (Phi) is 11.9. The summed E-state index contributed by atoms with van der Waals surface area (Å²) in [5.41, 5.74) is 0.779. The van der Waals surface area contributed by atoms with Gasteiger partial charge in [-0.1, -0.05) is 19.9 Å². The Labute approximate surface area is 183 Å². The number of rotatable bonds is 10. The Morgan fingerprint density at radius 3 is 2.13 bits per heavy atom. The first-order chi connectivity index (χ1) is 14.6. The van der Waals surface area contributed by atoms with Crippen LogP contribution in [0.1, 0.15) is 51.0 Å². The van der Waals surface area contributed by atoms with E-state index in [-0.39, 0.29) is 45.4 Å². The lowest BCUT2D eigenvalue weighted by atomic mass is 9.81. The molecule has 1 aromatic carbocycles. The number of alkyl halides is 2. The molecule has 5 nitrogen and oxygen atoms in total. The summed E-state index contributed by atoms with van der Waals surface area (Å²) in [5.74, 6) is -1.73. The second-order valence-corrected chi connectivity index (χ2v) is 8.23. The highest BCUT2D eigenvalue weighted by Crippen LogP contribution is 2.56. The minimum atomic E-state index is -4.93. The molecule has 0 N–H and O–H groups in total. The van der Waals surface area contributed by atoms with E-state index in [1.807, 2.05) is 0 Å². The molecule has 2 rings (SSSR count). The fourth-order valence-electron chi connectivity index (χ4n) is 3.27. The van der Waals surface area contributed by atoms with Crippen LogP contribution in [0.15, 0.2) is 18.2 Å². The fraction of sp³-hybridized carbons (Fsp3) is 0.700. The molecule has 0 spiro atoms. The maximum atomic E-state index is 13.7. The van der Waals surface area contributed by atoms with Crippen LogP contribution in [0.25, 0.3) is 0 Å². The number of benzene rings is 1. The van der Waals surface area contributed by atoms with E-state index in [2.05, 4.69) is 0 Å². The maximum absolute atomic E-state index is 13.7. The van der Waals surface area contributed by atoms with E-state index in [1.165, 1.54) is 28.1 Å². The van der Waals surface area contributed by atoms with Crippen LogP contribution in [0.2, 0.25) is 0 Å². The molecule has 0 aromatic heterocycles. The number of halogens is 5. The van der Waals surface area contributed by atoms with E-state index in [0.717, 1.165) is 12.0 Å². The summed E-state index contributed by atoms with van der Waals surface area (Å²) in [6.07, 6.45) is 1.07. The zero-order chi connectivity index (χ0) is 23.5. The normalized spacial score (nSPS) is 18.8. The van der Waals surface area contributed by atoms with Gasteiger partial charge in [-0.05, 0) is 30.4 Å². The molecule has 1 aliphatic carbocycles. The quantitative estimate of drug-likeness (QED) is 0.279. The van der Waals surface area contributed by atoms with Crippen molar-refractivity contribution in [3.8, 4) is 11.5 Å². The van der Waals surface area contributed by atoms with Crippen LogP contribution < -0.4 is 9.47 Å². The van der Waals surface area contributed by atoms with Gasteiger partial charge in [0.05, 0.1) is 0 Å². The molecule has 1 aromatic rings. The summed E-state index contributed by atoms with van der Waals surface area (Å²) in [6.45, 7) is 3.31. The third-order valence-corrected chi connectivity index (χ3v) is 5.84. The number of ether oxygens (including phenoxy) is 4. The number of hydrogen-bond donors (Lipinski definition) is 0. The van der Waals surface area contributed by atoms with Crippen LogP contribution in [0.5, 0.6) is 11.5 Å². The molecule has 1 aliphatic rings. The van der Waals surface area contributed by atoms with Gasteiger partial charge >= 0.3 is 0 Å². The van der Waals surface area contributed by atoms with Crippen LogP contribution in [-0.4, -0.2) is 51.1 Å². The first kappa shape index (κ1) is 27.7. The minimum Gasteiger partial charge on any atom is -0.467 e. The second-order valence-electron chi connectivity index (χ2n) is 6.95. The van der Waals surface area contributed by atoms with Crippen LogP contribution >= 0.6 is 11.4 Å². The molecular formula is C20H32F5NO4S. The maximum Gasteiger partial charge on any atom is 0.278 e. The highest BCUT2D eigenvalue weighted by Gasteiger charge is 2.37. The van der Waals surface area contributed by atoms with Crippen LogP contribution in [-0.2, 0) is 9.47 Å². The first-order valence-corrected chi connectivity index (χ1v) is 11.3. The van der Waals surface area contributed by atoms with Crippen molar-refractivity contribution in [1.82, 2.24) is 4.31 Å². The Balaban J connectivity index is 0.000000452. The monoisotopic (exact) mass is 477 g/mol. The fourth-order valence-corrected chi connectivity index (χ4v) is 3.86. The summed E-state index contributed by atoms with van der Waals surface area (Å²) in [5, 5.41) is 0. The molecule has 1 atom stereocenters. The largest absolute Gasteiger partial charge is 0.467 e. The molecule has 11 heteroatoms. The third-order valence-electron chi connectivity index (χ3n) is 4.74. The Bertz CT molecular complexity index is 644. The lowest BCUT2D eigenvalue weighted by Gasteiger charge is -2.30. The summed E-state index contributed by atoms with van der Waals surface area (Å²) in [4.78, 5) is 0. The Morgan fingerprint density at radius 1 is 1.03 bits per heavy atom. The van der Waals surface area contributed by atoms with E-state index in [1.54, 1.807) is 18.2 Å². The van der Waals surface area contributed by atoms with Gasteiger partial charge in [0.1, 0.15) is 11.5 Å². The van der Waals surface area contributed by atoms with Crippen LogP contribution in [0.4, 0.5) is 20.4 Å². The molecule has 1 saturated carbocycles. The van der Waals surface area contributed by atoms with E-state index in [9.17, 15) is 20.4 Å². The average Bonchev–Trinajstić information content (AvgIpc) is 2.70. The predicted octanol–water partition coefficient (Wildman–Crippen LogP) is 6.65. The smallest absolute Gasteiger partial charge is 0.278 e. The molecule has 0 heterocycles. The van der Waals surface area contributed by atoms with E-state index in [0.29, 0.717) is 22.2 Å². The zero-order valence-corrected chi connectivity index (χ0v) is 19.2. The van der Waals surface area contributed by atoms with Gasteiger partial charge < -0.3 is 18.9 Å². The molecule has 31 heavy (non-hydrogen) atoms.